The fourth-order valence-electron chi connectivity index (χ4n) is 6.62. The normalized spacial score (nSPS) is 31.5. The molecule has 0 aromatic heterocycles. The molecule has 326 valence electrons. The highest BCUT2D eigenvalue weighted by atomic mass is 16.7. The molecule has 1 aliphatic carbocycles. The van der Waals surface area contributed by atoms with E-state index in [2.05, 4.69) is 21.3 Å². The van der Waals surface area contributed by atoms with Crippen LogP contribution in [-0.4, -0.2) is 137 Å². The molecule has 2 heterocycles. The number of nitrogens with two attached hydrogens (primary N) is 1. The van der Waals surface area contributed by atoms with E-state index in [1.54, 1.807) is 54.7 Å². The highest BCUT2D eigenvalue weighted by Gasteiger charge is 2.52. The summed E-state index contributed by atoms with van der Waals surface area (Å²) in [6, 6.07) is 1.71. The van der Waals surface area contributed by atoms with Crippen LogP contribution in [0, 0.1) is 10.1 Å². The predicted octanol–water partition coefficient (Wildman–Crippen LogP) is 1.16. The second-order valence-electron chi connectivity index (χ2n) is 16.6. The Morgan fingerprint density at radius 2 is 1.52 bits per heavy atom. The molecule has 1 aromatic rings. The molecule has 4 rings (SSSR count). The van der Waals surface area contributed by atoms with Gasteiger partial charge >= 0.3 is 18.3 Å². The first-order valence-corrected chi connectivity index (χ1v) is 18.9. The van der Waals surface area contributed by atoms with Gasteiger partial charge in [-0.1, -0.05) is 0 Å². The summed E-state index contributed by atoms with van der Waals surface area (Å²) in [5.74, 6) is 0.190. The third-order valence-electron chi connectivity index (χ3n) is 9.27. The van der Waals surface area contributed by atoms with Crippen LogP contribution in [0.15, 0.2) is 36.1 Å². The molecule has 1 saturated heterocycles. The number of carbonyl (C=O) groups is 3. The number of nitro benzene ring substituents is 1. The largest absolute Gasteiger partial charge is 0.465 e. The summed E-state index contributed by atoms with van der Waals surface area (Å²) in [6.07, 6.45) is -9.15. The zero-order chi connectivity index (χ0) is 43.2. The number of amides is 3. The maximum atomic E-state index is 13.1. The minimum atomic E-state index is -1.62. The fourth-order valence-corrected chi connectivity index (χ4v) is 6.62. The van der Waals surface area contributed by atoms with Crippen molar-refractivity contribution in [2.24, 2.45) is 5.73 Å². The zero-order valence-corrected chi connectivity index (χ0v) is 34.0. The number of nitrogens with zero attached hydrogens (tertiary/aromatic N) is 1. The first kappa shape index (κ1) is 46.3. The van der Waals surface area contributed by atoms with Gasteiger partial charge in [0, 0.05) is 18.2 Å². The van der Waals surface area contributed by atoms with Gasteiger partial charge in [-0.15, -0.1) is 0 Å². The second kappa shape index (κ2) is 19.1. The standard InChI is InChI=1S/C37H58N6O15/c1-35(2,3)57-33(47)41-23-14-13-21(16-40-32(46)52-17-19-9-11-20(12-10-19)43(50)51)54-30(23)56-28-24(42-34(48)58-36(4,5)6)15-22(38)27(25(28)44)55-31-26(45)29(39-8)37(7,49)18-53-31/h9-13,22-31,39,44-45,49H,14-18,38H2,1-8H3,(H,40,46)(H,41,47)(H,42,48)/t22-,23?,24-,25+,26+,27-,28-,29?,30+,31+,37-/m0/s1. The summed E-state index contributed by atoms with van der Waals surface area (Å²) in [6.45, 7) is 11.0. The maximum Gasteiger partial charge on any atom is 0.408 e. The van der Waals surface area contributed by atoms with Crippen molar-refractivity contribution in [3.8, 4) is 0 Å². The smallest absolute Gasteiger partial charge is 0.408 e. The number of ether oxygens (including phenoxy) is 7. The lowest BCUT2D eigenvalue weighted by molar-refractivity contribution is -0.384. The lowest BCUT2D eigenvalue weighted by atomic mass is 9.83. The molecule has 3 aliphatic rings. The quantitative estimate of drug-likeness (QED) is 0.0833. The Morgan fingerprint density at radius 1 is 0.931 bits per heavy atom. The van der Waals surface area contributed by atoms with Crippen molar-refractivity contribution >= 4 is 24.0 Å². The number of carbonyl (C=O) groups excluding carboxylic acids is 3. The summed E-state index contributed by atoms with van der Waals surface area (Å²) < 4.78 is 40.5. The van der Waals surface area contributed by atoms with Crippen LogP contribution in [0.4, 0.5) is 20.1 Å². The Hall–Kier alpha value is -4.35. The average Bonchev–Trinajstić information content (AvgIpc) is 3.10. The second-order valence-corrected chi connectivity index (χ2v) is 16.6. The lowest BCUT2D eigenvalue weighted by Crippen LogP contribution is -2.69. The Labute approximate surface area is 336 Å². The van der Waals surface area contributed by atoms with Gasteiger partial charge < -0.3 is 75.5 Å². The number of aliphatic hydroxyl groups is 3. The predicted molar refractivity (Wildman–Crippen MR) is 203 cm³/mol. The summed E-state index contributed by atoms with van der Waals surface area (Å²) in [5.41, 5.74) is 3.75. The van der Waals surface area contributed by atoms with Gasteiger partial charge in [-0.3, -0.25) is 10.1 Å². The molecular formula is C37H58N6O15. The first-order chi connectivity index (χ1) is 27.0. The van der Waals surface area contributed by atoms with Crippen LogP contribution in [0.5, 0.6) is 0 Å². The molecule has 0 radical (unpaired) electrons. The monoisotopic (exact) mass is 826 g/mol. The average molecular weight is 827 g/mol. The van der Waals surface area contributed by atoms with Crippen molar-refractivity contribution in [1.82, 2.24) is 21.3 Å². The van der Waals surface area contributed by atoms with Gasteiger partial charge in [0.15, 0.2) is 6.29 Å². The van der Waals surface area contributed by atoms with E-state index in [0.29, 0.717) is 5.56 Å². The molecule has 0 spiro atoms. The Balaban J connectivity index is 1.55. The van der Waals surface area contributed by atoms with Crippen molar-refractivity contribution in [3.63, 3.8) is 0 Å². The zero-order valence-electron chi connectivity index (χ0n) is 34.0. The van der Waals surface area contributed by atoms with E-state index in [1.165, 1.54) is 31.2 Å². The lowest BCUT2D eigenvalue weighted by Gasteiger charge is -2.48. The molecule has 0 bridgehead atoms. The number of likely N-dealkylation sites (N-methyl/N-ethyl adjacent to an activating group) is 1. The van der Waals surface area contributed by atoms with E-state index >= 15 is 0 Å². The molecule has 1 aromatic carbocycles. The van der Waals surface area contributed by atoms with Gasteiger partial charge in [0.25, 0.3) is 5.69 Å². The Kier molecular flexibility index (Phi) is 15.3. The van der Waals surface area contributed by atoms with Crippen LogP contribution < -0.4 is 27.0 Å². The summed E-state index contributed by atoms with van der Waals surface area (Å²) >= 11 is 0. The van der Waals surface area contributed by atoms with Crippen LogP contribution in [-0.2, 0) is 39.8 Å². The molecule has 11 atom stereocenters. The number of aliphatic hydroxyl groups excluding tert-OH is 2. The van der Waals surface area contributed by atoms with Gasteiger partial charge in [0.05, 0.1) is 36.2 Å². The third-order valence-corrected chi connectivity index (χ3v) is 9.27. The number of alkyl carbamates (subject to hydrolysis) is 3. The molecule has 2 aliphatic heterocycles. The van der Waals surface area contributed by atoms with E-state index in [1.807, 2.05) is 0 Å². The molecule has 1 saturated carbocycles. The third kappa shape index (κ3) is 13.1. The highest BCUT2D eigenvalue weighted by molar-refractivity contribution is 5.69. The van der Waals surface area contributed by atoms with Gasteiger partial charge in [0.1, 0.15) is 53.6 Å². The molecular weight excluding hydrogens is 768 g/mol. The fraction of sp³-hybridized carbons (Fsp3) is 0.703. The number of nitrogens with one attached hydrogen (secondary N) is 4. The van der Waals surface area contributed by atoms with Crippen molar-refractivity contribution < 1.29 is 67.8 Å². The SMILES string of the molecule is CNC1[C@@H](O)[C@@H](O[C@@H]2[C@@H](O)[C@@H](O[C@H]3OC(CNC(=O)OCc4ccc([N+](=O)[O-])cc4)=CCC3NC(=O)OC(C)(C)C)[C@@H](NC(=O)OC(C)(C)C)C[C@@H]2N)OC[C@]1(C)O. The van der Waals surface area contributed by atoms with Gasteiger partial charge in [-0.05, 0) is 92.1 Å². The van der Waals surface area contributed by atoms with Crippen molar-refractivity contribution in [3.05, 3.63) is 51.8 Å². The molecule has 21 nitrogen and oxygen atoms in total. The first-order valence-electron chi connectivity index (χ1n) is 18.9. The van der Waals surface area contributed by atoms with Crippen LogP contribution in [0.25, 0.3) is 0 Å². The molecule has 58 heavy (non-hydrogen) atoms. The highest BCUT2D eigenvalue weighted by Crippen LogP contribution is 2.32. The van der Waals surface area contributed by atoms with E-state index < -0.39 is 101 Å². The van der Waals surface area contributed by atoms with Gasteiger partial charge in [-0.2, -0.15) is 0 Å². The number of hydrogen-bond donors (Lipinski definition) is 8. The van der Waals surface area contributed by atoms with E-state index in [-0.39, 0.29) is 44.0 Å². The van der Waals surface area contributed by atoms with Crippen LogP contribution in [0.2, 0.25) is 0 Å². The van der Waals surface area contributed by atoms with Crippen molar-refractivity contribution in [1.29, 1.82) is 0 Å². The van der Waals surface area contributed by atoms with Gasteiger partial charge in [-0.25, -0.2) is 14.4 Å². The number of hydrogen-bond acceptors (Lipinski definition) is 17. The van der Waals surface area contributed by atoms with E-state index in [0.717, 1.165) is 0 Å². The Bertz CT molecular complexity index is 1610. The number of non-ortho nitro benzene ring substituents is 1. The summed E-state index contributed by atoms with van der Waals surface area (Å²) in [5, 5.41) is 55.5. The number of benzene rings is 1. The van der Waals surface area contributed by atoms with Crippen LogP contribution >= 0.6 is 0 Å². The molecule has 2 fully saturated rings. The maximum absolute atomic E-state index is 13.1. The van der Waals surface area contributed by atoms with Gasteiger partial charge in [0.2, 0.25) is 6.29 Å². The van der Waals surface area contributed by atoms with Crippen LogP contribution in [0.1, 0.15) is 66.9 Å². The number of nitro groups is 1. The molecule has 3 amide bonds. The van der Waals surface area contributed by atoms with Crippen molar-refractivity contribution in [2.45, 2.75) is 146 Å². The Morgan fingerprint density at radius 3 is 2.09 bits per heavy atom. The van der Waals surface area contributed by atoms with E-state index in [9.17, 15) is 39.8 Å². The number of rotatable bonds is 12. The molecule has 2 unspecified atom stereocenters. The van der Waals surface area contributed by atoms with Crippen molar-refractivity contribution in [2.75, 3.05) is 20.2 Å². The topological polar surface area (TPSA) is 294 Å². The molecule has 21 heteroatoms. The minimum absolute atomic E-state index is 0.0383. The van der Waals surface area contributed by atoms with E-state index in [4.69, 9.17) is 38.9 Å². The molecule has 9 N–H and O–H groups in total. The van der Waals surface area contributed by atoms with Crippen LogP contribution in [0.3, 0.4) is 0 Å². The summed E-state index contributed by atoms with van der Waals surface area (Å²) in [7, 11) is 1.55. The minimum Gasteiger partial charge on any atom is -0.465 e. The summed E-state index contributed by atoms with van der Waals surface area (Å²) in [4.78, 5) is 49.0.